The van der Waals surface area contributed by atoms with Gasteiger partial charge in [0.1, 0.15) is 6.04 Å². The van der Waals surface area contributed by atoms with E-state index in [1.165, 1.54) is 11.3 Å². The van der Waals surface area contributed by atoms with Gasteiger partial charge in [0.05, 0.1) is 16.4 Å². The maximum Gasteiger partial charge on any atom is 0.326 e. The number of nitrogens with one attached hydrogen (secondary N) is 1. The monoisotopic (exact) mass is 333 g/mol. The first-order valence-electron chi connectivity index (χ1n) is 6.58. The molecule has 0 aliphatic rings. The Morgan fingerprint density at radius 3 is 2.57 bits per heavy atom. The molecule has 118 valence electrons. The van der Waals surface area contributed by atoms with Crippen LogP contribution >= 0.6 is 22.9 Å². The van der Waals surface area contributed by atoms with Crippen molar-refractivity contribution < 1.29 is 19.4 Å². The van der Waals surface area contributed by atoms with Crippen molar-refractivity contribution in [3.8, 4) is 0 Å². The molecule has 0 saturated carbocycles. The molecule has 5 nitrogen and oxygen atoms in total. The molecule has 0 fully saturated rings. The van der Waals surface area contributed by atoms with Crippen LogP contribution in [-0.2, 0) is 20.7 Å². The van der Waals surface area contributed by atoms with E-state index in [9.17, 15) is 9.59 Å². The van der Waals surface area contributed by atoms with Gasteiger partial charge in [-0.2, -0.15) is 0 Å². The average Bonchev–Trinajstić information content (AvgIpc) is 2.71. The smallest absolute Gasteiger partial charge is 0.326 e. The molecule has 0 aromatic carbocycles. The maximum absolute atomic E-state index is 11.8. The molecule has 0 bridgehead atoms. The Labute approximate surface area is 133 Å². The summed E-state index contributed by atoms with van der Waals surface area (Å²) in [5.74, 6) is -1.40. The van der Waals surface area contributed by atoms with Gasteiger partial charge >= 0.3 is 5.97 Å². The molecule has 1 aromatic heterocycles. The summed E-state index contributed by atoms with van der Waals surface area (Å²) >= 11 is 7.09. The number of thiophene rings is 1. The van der Waals surface area contributed by atoms with Crippen LogP contribution in [0.15, 0.2) is 12.1 Å². The van der Waals surface area contributed by atoms with Crippen molar-refractivity contribution in [2.45, 2.75) is 45.3 Å². The average molecular weight is 334 g/mol. The van der Waals surface area contributed by atoms with Gasteiger partial charge < -0.3 is 15.2 Å². The number of carbonyl (C=O) groups excluding carboxylic acids is 1. The molecule has 1 atom stereocenters. The SMILES string of the molecule is CC(C)(C)OCCC(NC(=O)Cc1ccc(Cl)s1)C(=O)O. The quantitative estimate of drug-likeness (QED) is 0.804. The molecule has 0 aliphatic heterocycles. The van der Waals surface area contributed by atoms with E-state index in [4.69, 9.17) is 21.4 Å². The molecule has 7 heteroatoms. The number of halogens is 1. The van der Waals surface area contributed by atoms with Crippen molar-refractivity contribution in [1.82, 2.24) is 5.32 Å². The Hall–Kier alpha value is -1.11. The highest BCUT2D eigenvalue weighted by molar-refractivity contribution is 7.16. The lowest BCUT2D eigenvalue weighted by Crippen LogP contribution is -2.42. The van der Waals surface area contributed by atoms with Crippen molar-refractivity contribution in [2.24, 2.45) is 0 Å². The molecule has 21 heavy (non-hydrogen) atoms. The summed E-state index contributed by atoms with van der Waals surface area (Å²) in [4.78, 5) is 23.8. The number of aliphatic carboxylic acids is 1. The van der Waals surface area contributed by atoms with E-state index >= 15 is 0 Å². The minimum atomic E-state index is -1.06. The van der Waals surface area contributed by atoms with Gasteiger partial charge in [0.25, 0.3) is 0 Å². The van der Waals surface area contributed by atoms with E-state index in [1.807, 2.05) is 20.8 Å². The Kier molecular flexibility index (Phi) is 6.64. The van der Waals surface area contributed by atoms with E-state index < -0.39 is 12.0 Å². The number of carboxylic acid groups (broad SMARTS) is 1. The summed E-state index contributed by atoms with van der Waals surface area (Å²) in [6.07, 6.45) is 0.352. The number of hydrogen-bond donors (Lipinski definition) is 2. The molecule has 0 radical (unpaired) electrons. The van der Waals surface area contributed by atoms with Crippen LogP contribution in [0.1, 0.15) is 32.1 Å². The number of ether oxygens (including phenoxy) is 1. The first-order chi connectivity index (χ1) is 9.67. The van der Waals surface area contributed by atoms with Crippen LogP contribution in [-0.4, -0.2) is 35.2 Å². The first-order valence-corrected chi connectivity index (χ1v) is 7.77. The molecular weight excluding hydrogens is 314 g/mol. The van der Waals surface area contributed by atoms with Crippen molar-refractivity contribution in [3.05, 3.63) is 21.3 Å². The van der Waals surface area contributed by atoms with Gasteiger partial charge in [0.2, 0.25) is 5.91 Å². The molecular formula is C14H20ClNO4S. The van der Waals surface area contributed by atoms with Gasteiger partial charge in [-0.3, -0.25) is 4.79 Å². The van der Waals surface area contributed by atoms with Crippen LogP contribution in [0.25, 0.3) is 0 Å². The van der Waals surface area contributed by atoms with Crippen molar-refractivity contribution in [3.63, 3.8) is 0 Å². The molecule has 1 aromatic rings. The predicted octanol–water partition coefficient (Wildman–Crippen LogP) is 2.72. The lowest BCUT2D eigenvalue weighted by Gasteiger charge is -2.21. The summed E-state index contributed by atoms with van der Waals surface area (Å²) in [5, 5.41) is 11.6. The van der Waals surface area contributed by atoms with Gasteiger partial charge in [-0.25, -0.2) is 4.79 Å². The number of carboxylic acids is 1. The van der Waals surface area contributed by atoms with Gasteiger partial charge in [0.15, 0.2) is 0 Å². The summed E-state index contributed by atoms with van der Waals surface area (Å²) in [6.45, 7) is 5.94. The second kappa shape index (κ2) is 7.77. The summed E-state index contributed by atoms with van der Waals surface area (Å²) in [5.41, 5.74) is -0.333. The summed E-state index contributed by atoms with van der Waals surface area (Å²) in [6, 6.07) is 2.52. The highest BCUT2D eigenvalue weighted by atomic mass is 35.5. The van der Waals surface area contributed by atoms with Crippen molar-refractivity contribution in [2.75, 3.05) is 6.61 Å². The van der Waals surface area contributed by atoms with E-state index in [1.54, 1.807) is 12.1 Å². The first kappa shape index (κ1) is 17.9. The molecule has 0 spiro atoms. The number of rotatable bonds is 7. The summed E-state index contributed by atoms with van der Waals surface area (Å²) in [7, 11) is 0. The predicted molar refractivity (Wildman–Crippen MR) is 82.9 cm³/mol. The lowest BCUT2D eigenvalue weighted by atomic mass is 10.1. The van der Waals surface area contributed by atoms with E-state index in [-0.39, 0.29) is 31.0 Å². The molecule has 1 amide bonds. The fraction of sp³-hybridized carbons (Fsp3) is 0.571. The van der Waals surface area contributed by atoms with Gasteiger partial charge in [-0.15, -0.1) is 11.3 Å². The van der Waals surface area contributed by atoms with Gasteiger partial charge in [-0.1, -0.05) is 11.6 Å². The third-order valence-electron chi connectivity index (χ3n) is 2.54. The fourth-order valence-corrected chi connectivity index (χ4v) is 2.68. The lowest BCUT2D eigenvalue weighted by molar-refractivity contribution is -0.142. The number of hydrogen-bond acceptors (Lipinski definition) is 4. The second-order valence-electron chi connectivity index (χ2n) is 5.59. The minimum absolute atomic E-state index is 0.126. The van der Waals surface area contributed by atoms with Crippen LogP contribution in [0.2, 0.25) is 4.34 Å². The zero-order chi connectivity index (χ0) is 16.0. The van der Waals surface area contributed by atoms with Crippen LogP contribution in [0.3, 0.4) is 0 Å². The van der Waals surface area contributed by atoms with E-state index in [2.05, 4.69) is 5.32 Å². The third kappa shape index (κ3) is 7.45. The number of carbonyl (C=O) groups is 2. The van der Waals surface area contributed by atoms with Crippen molar-refractivity contribution in [1.29, 1.82) is 0 Å². The topological polar surface area (TPSA) is 75.6 Å². The van der Waals surface area contributed by atoms with Gasteiger partial charge in [0, 0.05) is 17.9 Å². The third-order valence-corrected chi connectivity index (χ3v) is 3.77. The minimum Gasteiger partial charge on any atom is -0.480 e. The molecule has 1 rings (SSSR count). The molecule has 0 aliphatic carbocycles. The van der Waals surface area contributed by atoms with Gasteiger partial charge in [-0.05, 0) is 32.9 Å². The van der Waals surface area contributed by atoms with Crippen molar-refractivity contribution >= 4 is 34.8 Å². The molecule has 1 heterocycles. The molecule has 1 unspecified atom stereocenters. The Bertz CT molecular complexity index is 495. The Morgan fingerprint density at radius 2 is 2.10 bits per heavy atom. The largest absolute Gasteiger partial charge is 0.480 e. The Morgan fingerprint density at radius 1 is 1.43 bits per heavy atom. The highest BCUT2D eigenvalue weighted by Gasteiger charge is 2.21. The zero-order valence-electron chi connectivity index (χ0n) is 12.3. The second-order valence-corrected chi connectivity index (χ2v) is 7.39. The van der Waals surface area contributed by atoms with Crippen LogP contribution in [0, 0.1) is 0 Å². The summed E-state index contributed by atoms with van der Waals surface area (Å²) < 4.78 is 6.09. The van der Waals surface area contributed by atoms with Crippen LogP contribution in [0.5, 0.6) is 0 Å². The number of amides is 1. The van der Waals surface area contributed by atoms with E-state index in [0.717, 1.165) is 4.88 Å². The van der Waals surface area contributed by atoms with Crippen LogP contribution in [0.4, 0.5) is 0 Å². The molecule has 2 N–H and O–H groups in total. The Balaban J connectivity index is 2.46. The standard InChI is InChI=1S/C14H20ClNO4S/c1-14(2,3)20-7-6-10(13(18)19)16-12(17)8-9-4-5-11(15)21-9/h4-5,10H,6-8H2,1-3H3,(H,16,17)(H,18,19). The van der Waals surface area contributed by atoms with Crippen LogP contribution < -0.4 is 5.32 Å². The maximum atomic E-state index is 11.8. The normalized spacial score (nSPS) is 13.0. The van der Waals surface area contributed by atoms with E-state index in [0.29, 0.717) is 4.34 Å². The zero-order valence-corrected chi connectivity index (χ0v) is 13.9. The highest BCUT2D eigenvalue weighted by Crippen LogP contribution is 2.21. The molecule has 0 saturated heterocycles. The fourth-order valence-electron chi connectivity index (χ4n) is 1.59.